The first-order chi connectivity index (χ1) is 9.20. The molecule has 3 heteroatoms. The van der Waals surface area contributed by atoms with Gasteiger partial charge in [-0.15, -0.1) is 0 Å². The predicted molar refractivity (Wildman–Crippen MR) is 75.4 cm³/mol. The van der Waals surface area contributed by atoms with Crippen LogP contribution in [0, 0.1) is 18.3 Å². The third-order valence-electron chi connectivity index (χ3n) is 3.23. The minimum Gasteiger partial charge on any atom is -0.305 e. The van der Waals surface area contributed by atoms with E-state index < -0.39 is 0 Å². The summed E-state index contributed by atoms with van der Waals surface area (Å²) in [5.41, 5.74) is 4.13. The van der Waals surface area contributed by atoms with Crippen LogP contribution in [0.25, 0.3) is 0 Å². The van der Waals surface area contributed by atoms with Crippen LogP contribution < -0.4 is 5.32 Å². The number of hydrogen-bond acceptors (Lipinski definition) is 3. The first-order valence-corrected chi connectivity index (χ1v) is 6.34. The average Bonchev–Trinajstić information content (AvgIpc) is 2.46. The maximum absolute atomic E-state index is 8.78. The Kier molecular flexibility index (Phi) is 4.27. The maximum atomic E-state index is 8.78. The van der Waals surface area contributed by atoms with Gasteiger partial charge in [0.25, 0.3) is 0 Å². The molecule has 0 aliphatic heterocycles. The minimum absolute atomic E-state index is 0.231. The predicted octanol–water partition coefficient (Wildman–Crippen LogP) is 3.11. The summed E-state index contributed by atoms with van der Waals surface area (Å²) >= 11 is 0. The molecule has 19 heavy (non-hydrogen) atoms. The molecule has 0 amide bonds. The van der Waals surface area contributed by atoms with Crippen LogP contribution in [0.5, 0.6) is 0 Å². The number of benzene rings is 1. The second-order valence-electron chi connectivity index (χ2n) is 4.60. The SMILES string of the molecule is Cc1cccnc1CNC(C)c1ccc(C#N)cc1. The zero-order valence-corrected chi connectivity index (χ0v) is 11.2. The number of nitriles is 1. The Bertz CT molecular complexity index is 582. The number of aromatic nitrogens is 1. The molecule has 1 unspecified atom stereocenters. The van der Waals surface area contributed by atoms with Crippen molar-refractivity contribution in [3.8, 4) is 6.07 Å². The highest BCUT2D eigenvalue weighted by molar-refractivity contribution is 5.32. The Morgan fingerprint density at radius 3 is 2.63 bits per heavy atom. The Balaban J connectivity index is 1.99. The van der Waals surface area contributed by atoms with Crippen molar-refractivity contribution < 1.29 is 0 Å². The van der Waals surface area contributed by atoms with Gasteiger partial charge in [-0.1, -0.05) is 18.2 Å². The van der Waals surface area contributed by atoms with Crippen LogP contribution in [0.3, 0.4) is 0 Å². The largest absolute Gasteiger partial charge is 0.305 e. The lowest BCUT2D eigenvalue weighted by Gasteiger charge is -2.14. The molecule has 0 spiro atoms. The molecule has 1 heterocycles. The molecule has 0 aliphatic rings. The van der Waals surface area contributed by atoms with E-state index in [4.69, 9.17) is 5.26 Å². The van der Waals surface area contributed by atoms with Gasteiger partial charge in [-0.05, 0) is 43.2 Å². The van der Waals surface area contributed by atoms with Crippen molar-refractivity contribution in [2.45, 2.75) is 26.4 Å². The van der Waals surface area contributed by atoms with Gasteiger partial charge in [-0.3, -0.25) is 4.98 Å². The number of aryl methyl sites for hydroxylation is 1. The highest BCUT2D eigenvalue weighted by atomic mass is 14.9. The zero-order chi connectivity index (χ0) is 13.7. The molecule has 1 aromatic heterocycles. The van der Waals surface area contributed by atoms with E-state index in [2.05, 4.69) is 36.3 Å². The van der Waals surface area contributed by atoms with E-state index in [1.54, 1.807) is 0 Å². The third-order valence-corrected chi connectivity index (χ3v) is 3.23. The van der Waals surface area contributed by atoms with E-state index in [9.17, 15) is 0 Å². The molecule has 0 saturated carbocycles. The molecule has 1 atom stereocenters. The number of nitrogens with one attached hydrogen (secondary N) is 1. The fraction of sp³-hybridized carbons (Fsp3) is 0.250. The number of rotatable bonds is 4. The molecule has 0 aliphatic carbocycles. The van der Waals surface area contributed by atoms with Gasteiger partial charge in [0.2, 0.25) is 0 Å². The normalized spacial score (nSPS) is 11.8. The number of pyridine rings is 1. The Hall–Kier alpha value is -2.18. The van der Waals surface area contributed by atoms with Crippen LogP contribution in [0.1, 0.15) is 35.3 Å². The van der Waals surface area contributed by atoms with Gasteiger partial charge in [-0.2, -0.15) is 5.26 Å². The molecule has 0 radical (unpaired) electrons. The lowest BCUT2D eigenvalue weighted by Crippen LogP contribution is -2.19. The van der Waals surface area contributed by atoms with Gasteiger partial charge >= 0.3 is 0 Å². The summed E-state index contributed by atoms with van der Waals surface area (Å²) in [6.07, 6.45) is 1.82. The lowest BCUT2D eigenvalue weighted by atomic mass is 10.1. The standard InChI is InChI=1S/C16H17N3/c1-12-4-3-9-18-16(12)11-19-13(2)15-7-5-14(10-17)6-8-15/h3-9,13,19H,11H2,1-2H3. The van der Waals surface area contributed by atoms with Crippen LogP contribution in [0.15, 0.2) is 42.6 Å². The van der Waals surface area contributed by atoms with Crippen LogP contribution >= 0.6 is 0 Å². The van der Waals surface area contributed by atoms with E-state index in [1.807, 2.05) is 36.5 Å². The van der Waals surface area contributed by atoms with Crippen molar-refractivity contribution in [3.05, 3.63) is 65.0 Å². The highest BCUT2D eigenvalue weighted by Crippen LogP contribution is 2.14. The number of hydrogen-bond donors (Lipinski definition) is 1. The molecule has 0 bridgehead atoms. The van der Waals surface area contributed by atoms with Gasteiger partial charge in [0.05, 0.1) is 17.3 Å². The molecule has 0 fully saturated rings. The molecule has 2 aromatic rings. The summed E-state index contributed by atoms with van der Waals surface area (Å²) in [6.45, 7) is 4.92. The van der Waals surface area contributed by atoms with Gasteiger partial charge < -0.3 is 5.32 Å². The van der Waals surface area contributed by atoms with Crippen molar-refractivity contribution in [2.24, 2.45) is 0 Å². The molecule has 1 aromatic carbocycles. The average molecular weight is 251 g/mol. The zero-order valence-electron chi connectivity index (χ0n) is 11.2. The summed E-state index contributed by atoms with van der Waals surface area (Å²) in [6, 6.07) is 14.0. The van der Waals surface area contributed by atoms with Crippen LogP contribution in [-0.4, -0.2) is 4.98 Å². The molecule has 1 N–H and O–H groups in total. The van der Waals surface area contributed by atoms with E-state index in [1.165, 1.54) is 11.1 Å². The smallest absolute Gasteiger partial charge is 0.0991 e. The fourth-order valence-corrected chi connectivity index (χ4v) is 1.92. The molecular weight excluding hydrogens is 234 g/mol. The summed E-state index contributed by atoms with van der Waals surface area (Å²) in [5, 5.41) is 12.2. The Labute approximate surface area is 113 Å². The Morgan fingerprint density at radius 2 is 2.00 bits per heavy atom. The van der Waals surface area contributed by atoms with E-state index >= 15 is 0 Å². The van der Waals surface area contributed by atoms with Crippen LogP contribution in [0.4, 0.5) is 0 Å². The van der Waals surface area contributed by atoms with Crippen molar-refractivity contribution in [3.63, 3.8) is 0 Å². The van der Waals surface area contributed by atoms with Gasteiger partial charge in [0, 0.05) is 18.8 Å². The second kappa shape index (κ2) is 6.12. The first kappa shape index (κ1) is 13.3. The van der Waals surface area contributed by atoms with Gasteiger partial charge in [0.15, 0.2) is 0 Å². The quantitative estimate of drug-likeness (QED) is 0.908. The van der Waals surface area contributed by atoms with E-state index in [0.717, 1.165) is 12.2 Å². The monoisotopic (exact) mass is 251 g/mol. The number of nitrogens with zero attached hydrogens (tertiary/aromatic N) is 2. The Morgan fingerprint density at radius 1 is 1.26 bits per heavy atom. The van der Waals surface area contributed by atoms with Crippen molar-refractivity contribution in [2.75, 3.05) is 0 Å². The minimum atomic E-state index is 0.231. The van der Waals surface area contributed by atoms with Gasteiger partial charge in [0.1, 0.15) is 0 Å². The van der Waals surface area contributed by atoms with E-state index in [-0.39, 0.29) is 6.04 Å². The first-order valence-electron chi connectivity index (χ1n) is 6.34. The van der Waals surface area contributed by atoms with Crippen LogP contribution in [0.2, 0.25) is 0 Å². The molecule has 0 saturated heterocycles. The van der Waals surface area contributed by atoms with Crippen molar-refractivity contribution >= 4 is 0 Å². The molecule has 96 valence electrons. The summed E-state index contributed by atoms with van der Waals surface area (Å²) in [5.74, 6) is 0. The second-order valence-corrected chi connectivity index (χ2v) is 4.60. The maximum Gasteiger partial charge on any atom is 0.0991 e. The molecule has 2 rings (SSSR count). The van der Waals surface area contributed by atoms with Crippen LogP contribution in [-0.2, 0) is 6.54 Å². The summed E-state index contributed by atoms with van der Waals surface area (Å²) in [7, 11) is 0. The third kappa shape index (κ3) is 3.40. The van der Waals surface area contributed by atoms with Crippen molar-refractivity contribution in [1.82, 2.24) is 10.3 Å². The lowest BCUT2D eigenvalue weighted by molar-refractivity contribution is 0.566. The summed E-state index contributed by atoms with van der Waals surface area (Å²) < 4.78 is 0. The topological polar surface area (TPSA) is 48.7 Å². The van der Waals surface area contributed by atoms with E-state index in [0.29, 0.717) is 5.56 Å². The van der Waals surface area contributed by atoms with Gasteiger partial charge in [-0.25, -0.2) is 0 Å². The summed E-state index contributed by atoms with van der Waals surface area (Å²) in [4.78, 5) is 4.37. The van der Waals surface area contributed by atoms with Crippen molar-refractivity contribution in [1.29, 1.82) is 5.26 Å². The molecular formula is C16H17N3. The highest BCUT2D eigenvalue weighted by Gasteiger charge is 2.06. The fourth-order valence-electron chi connectivity index (χ4n) is 1.92. The molecule has 3 nitrogen and oxygen atoms in total.